The Hall–Kier alpha value is -2.85. The number of carbonyl (C=O) groups is 1. The Kier molecular flexibility index (Phi) is 5.65. The van der Waals surface area contributed by atoms with Crippen LogP contribution >= 0.6 is 0 Å². The number of anilines is 1. The molecule has 0 aliphatic carbocycles. The second-order valence-electron chi connectivity index (χ2n) is 6.17. The van der Waals surface area contributed by atoms with E-state index in [1.54, 1.807) is 18.5 Å². The minimum Gasteiger partial charge on any atom is -0.467 e. The number of carbonyl (C=O) groups excluding carboxylic acids is 1. The molecule has 2 N–H and O–H groups in total. The van der Waals surface area contributed by atoms with Gasteiger partial charge in [0.05, 0.1) is 24.9 Å². The summed E-state index contributed by atoms with van der Waals surface area (Å²) in [6, 6.07) is 9.27. The Labute approximate surface area is 146 Å². The van der Waals surface area contributed by atoms with Gasteiger partial charge in [-0.15, -0.1) is 0 Å². The van der Waals surface area contributed by atoms with Crippen molar-refractivity contribution in [3.8, 4) is 6.07 Å². The van der Waals surface area contributed by atoms with Crippen molar-refractivity contribution in [1.82, 2.24) is 15.2 Å². The largest absolute Gasteiger partial charge is 0.467 e. The molecule has 1 fully saturated rings. The number of nitrogens with zero attached hydrogens (tertiary/aromatic N) is 3. The molecule has 1 saturated heterocycles. The molecule has 0 bridgehead atoms. The van der Waals surface area contributed by atoms with E-state index in [1.807, 2.05) is 18.2 Å². The van der Waals surface area contributed by atoms with Crippen molar-refractivity contribution in [2.24, 2.45) is 5.92 Å². The molecule has 0 saturated carbocycles. The quantitative estimate of drug-likeness (QED) is 0.796. The number of aromatic nitrogens is 1. The predicted molar refractivity (Wildman–Crippen MR) is 92.5 cm³/mol. The van der Waals surface area contributed by atoms with Crippen LogP contribution < -0.4 is 10.6 Å². The van der Waals surface area contributed by atoms with E-state index in [0.717, 1.165) is 37.6 Å². The first-order chi connectivity index (χ1) is 12.2. The van der Waals surface area contributed by atoms with E-state index in [9.17, 15) is 4.79 Å². The first kappa shape index (κ1) is 17.0. The van der Waals surface area contributed by atoms with Crippen LogP contribution in [0.25, 0.3) is 0 Å². The van der Waals surface area contributed by atoms with Gasteiger partial charge in [-0.3, -0.25) is 9.69 Å². The zero-order valence-electron chi connectivity index (χ0n) is 13.9. The zero-order chi connectivity index (χ0) is 17.5. The molecule has 2 aromatic heterocycles. The highest BCUT2D eigenvalue weighted by Gasteiger charge is 2.23. The Morgan fingerprint density at radius 1 is 1.44 bits per heavy atom. The number of nitrogens with one attached hydrogen (secondary N) is 2. The molecule has 2 aromatic rings. The van der Waals surface area contributed by atoms with Gasteiger partial charge in [0.25, 0.3) is 0 Å². The van der Waals surface area contributed by atoms with Crippen LogP contribution in [0.4, 0.5) is 5.82 Å². The van der Waals surface area contributed by atoms with Gasteiger partial charge >= 0.3 is 0 Å². The Morgan fingerprint density at radius 3 is 3.08 bits per heavy atom. The lowest BCUT2D eigenvalue weighted by Gasteiger charge is -2.16. The maximum atomic E-state index is 12.0. The molecule has 0 aromatic carbocycles. The fourth-order valence-corrected chi connectivity index (χ4v) is 2.89. The molecule has 0 unspecified atom stereocenters. The summed E-state index contributed by atoms with van der Waals surface area (Å²) in [5.41, 5.74) is 0.554. The van der Waals surface area contributed by atoms with E-state index >= 15 is 0 Å². The molecule has 25 heavy (non-hydrogen) atoms. The summed E-state index contributed by atoms with van der Waals surface area (Å²) in [7, 11) is 0. The van der Waals surface area contributed by atoms with Gasteiger partial charge in [0.15, 0.2) is 0 Å². The summed E-state index contributed by atoms with van der Waals surface area (Å²) in [4.78, 5) is 18.4. The molecule has 3 heterocycles. The Bertz CT molecular complexity index is 721. The summed E-state index contributed by atoms with van der Waals surface area (Å²) >= 11 is 0. The maximum absolute atomic E-state index is 12.0. The lowest BCUT2D eigenvalue weighted by atomic mass is 10.1. The van der Waals surface area contributed by atoms with Crippen molar-refractivity contribution < 1.29 is 9.21 Å². The third kappa shape index (κ3) is 5.06. The summed E-state index contributed by atoms with van der Waals surface area (Å²) in [6.07, 6.45) is 4.21. The number of rotatable bonds is 7. The predicted octanol–water partition coefficient (Wildman–Crippen LogP) is 1.60. The zero-order valence-corrected chi connectivity index (χ0v) is 13.9. The molecule has 7 heteroatoms. The average Bonchev–Trinajstić information content (AvgIpc) is 3.30. The molecule has 1 atom stereocenters. The van der Waals surface area contributed by atoms with Crippen LogP contribution in [-0.2, 0) is 11.3 Å². The summed E-state index contributed by atoms with van der Waals surface area (Å²) in [5, 5.41) is 14.9. The van der Waals surface area contributed by atoms with E-state index in [2.05, 4.69) is 26.6 Å². The second kappa shape index (κ2) is 8.31. The molecule has 7 nitrogen and oxygen atoms in total. The lowest BCUT2D eigenvalue weighted by molar-refractivity contribution is -0.122. The van der Waals surface area contributed by atoms with Crippen molar-refractivity contribution in [3.05, 3.63) is 48.0 Å². The van der Waals surface area contributed by atoms with Crippen molar-refractivity contribution >= 4 is 11.7 Å². The number of hydrogen-bond acceptors (Lipinski definition) is 6. The van der Waals surface area contributed by atoms with E-state index in [0.29, 0.717) is 24.6 Å². The van der Waals surface area contributed by atoms with Gasteiger partial charge in [0.1, 0.15) is 17.6 Å². The van der Waals surface area contributed by atoms with Crippen LogP contribution in [0.15, 0.2) is 41.1 Å². The molecule has 1 aliphatic rings. The Morgan fingerprint density at radius 2 is 2.36 bits per heavy atom. The van der Waals surface area contributed by atoms with Gasteiger partial charge < -0.3 is 15.1 Å². The van der Waals surface area contributed by atoms with Crippen LogP contribution in [0.5, 0.6) is 0 Å². The van der Waals surface area contributed by atoms with Crippen molar-refractivity contribution in [2.45, 2.75) is 13.0 Å². The SMILES string of the molecule is N#Cc1ccc(NC[C@H]2CCN(CC(=O)NCc3ccco3)C2)nc1. The molecule has 130 valence electrons. The molecule has 1 aliphatic heterocycles. The number of hydrogen-bond donors (Lipinski definition) is 2. The topological polar surface area (TPSA) is 94.2 Å². The van der Waals surface area contributed by atoms with E-state index in [4.69, 9.17) is 9.68 Å². The highest BCUT2D eigenvalue weighted by Crippen LogP contribution is 2.16. The molecule has 1 amide bonds. The number of furan rings is 1. The average molecular weight is 339 g/mol. The molecular formula is C18H21N5O2. The van der Waals surface area contributed by atoms with Gasteiger partial charge in [-0.05, 0) is 43.1 Å². The van der Waals surface area contributed by atoms with Gasteiger partial charge in [-0.25, -0.2) is 4.98 Å². The van der Waals surface area contributed by atoms with Gasteiger partial charge in [-0.1, -0.05) is 0 Å². The van der Waals surface area contributed by atoms with Gasteiger partial charge in [0, 0.05) is 19.3 Å². The smallest absolute Gasteiger partial charge is 0.234 e. The summed E-state index contributed by atoms with van der Waals surface area (Å²) in [5.74, 6) is 2.02. The fraction of sp³-hybridized carbons (Fsp3) is 0.389. The van der Waals surface area contributed by atoms with Gasteiger partial charge in [0.2, 0.25) is 5.91 Å². The highest BCUT2D eigenvalue weighted by molar-refractivity contribution is 5.77. The first-order valence-corrected chi connectivity index (χ1v) is 8.34. The van der Waals surface area contributed by atoms with Crippen molar-refractivity contribution in [3.63, 3.8) is 0 Å². The third-order valence-corrected chi connectivity index (χ3v) is 4.24. The maximum Gasteiger partial charge on any atom is 0.234 e. The molecular weight excluding hydrogens is 318 g/mol. The lowest BCUT2D eigenvalue weighted by Crippen LogP contribution is -2.36. The monoisotopic (exact) mass is 339 g/mol. The normalized spacial score (nSPS) is 17.2. The first-order valence-electron chi connectivity index (χ1n) is 8.34. The number of pyridine rings is 1. The van der Waals surface area contributed by atoms with Crippen LogP contribution in [0.2, 0.25) is 0 Å². The number of likely N-dealkylation sites (tertiary alicyclic amines) is 1. The van der Waals surface area contributed by atoms with Gasteiger partial charge in [-0.2, -0.15) is 5.26 Å². The van der Waals surface area contributed by atoms with Crippen LogP contribution in [0, 0.1) is 17.2 Å². The summed E-state index contributed by atoms with van der Waals surface area (Å²) < 4.78 is 5.20. The number of amides is 1. The minimum atomic E-state index is 0.0127. The molecule has 3 rings (SSSR count). The van der Waals surface area contributed by atoms with E-state index in [-0.39, 0.29) is 5.91 Å². The molecule has 0 radical (unpaired) electrons. The van der Waals surface area contributed by atoms with E-state index in [1.165, 1.54) is 0 Å². The highest BCUT2D eigenvalue weighted by atomic mass is 16.3. The van der Waals surface area contributed by atoms with Crippen molar-refractivity contribution in [2.75, 3.05) is 31.5 Å². The third-order valence-electron chi connectivity index (χ3n) is 4.24. The Balaban J connectivity index is 1.36. The summed E-state index contributed by atoms with van der Waals surface area (Å²) in [6.45, 7) is 3.45. The number of nitriles is 1. The van der Waals surface area contributed by atoms with Crippen LogP contribution in [0.3, 0.4) is 0 Å². The van der Waals surface area contributed by atoms with Crippen molar-refractivity contribution in [1.29, 1.82) is 5.26 Å². The second-order valence-corrected chi connectivity index (χ2v) is 6.17. The van der Waals surface area contributed by atoms with E-state index < -0.39 is 0 Å². The minimum absolute atomic E-state index is 0.0127. The van der Waals surface area contributed by atoms with Crippen LogP contribution in [0.1, 0.15) is 17.7 Å². The molecule has 0 spiro atoms. The fourth-order valence-electron chi connectivity index (χ4n) is 2.89. The van der Waals surface area contributed by atoms with Crippen LogP contribution in [-0.4, -0.2) is 42.0 Å². The standard InChI is InChI=1S/C18H21N5O2/c19-8-14-3-4-17(20-9-14)21-10-15-5-6-23(12-15)13-18(24)22-11-16-2-1-7-25-16/h1-4,7,9,15H,5-6,10-13H2,(H,20,21)(H,22,24)/t15-/m1/s1.